The molecule has 0 radical (unpaired) electrons. The second-order valence-electron chi connectivity index (χ2n) is 7.11. The summed E-state index contributed by atoms with van der Waals surface area (Å²) in [5.74, 6) is -2.29. The molecule has 1 aliphatic rings. The topological polar surface area (TPSA) is 57.7 Å². The second-order valence-corrected chi connectivity index (χ2v) is 7.52. The van der Waals surface area contributed by atoms with E-state index in [1.54, 1.807) is 44.2 Å². The van der Waals surface area contributed by atoms with E-state index in [2.05, 4.69) is 0 Å². The number of hydrogen-bond acceptors (Lipinski definition) is 3. The highest BCUT2D eigenvalue weighted by atomic mass is 35.5. The fraction of sp³-hybridized carbons (Fsp3) is 0.286. The van der Waals surface area contributed by atoms with Crippen molar-refractivity contribution in [2.24, 2.45) is 5.92 Å². The van der Waals surface area contributed by atoms with Gasteiger partial charge in [-0.3, -0.25) is 19.3 Å². The van der Waals surface area contributed by atoms with Crippen molar-refractivity contribution in [2.45, 2.75) is 26.4 Å². The Labute approximate surface area is 167 Å². The van der Waals surface area contributed by atoms with Gasteiger partial charge in [0.15, 0.2) is 0 Å². The first-order valence-corrected chi connectivity index (χ1v) is 9.26. The van der Waals surface area contributed by atoms with Gasteiger partial charge in [0.05, 0.1) is 11.1 Å². The maximum Gasteiger partial charge on any atom is 0.262 e. The molecule has 2 aromatic rings. The highest BCUT2D eigenvalue weighted by molar-refractivity contribution is 6.31. The standard InChI is InChI=1S/C21H20ClFN2O3/c1-12(2)18(25-19(26)13-7-4-5-8-14(13)20(25)27)21(28)24(3)11-15-16(22)9-6-10-17(15)23/h4-10,12,18H,11H2,1-3H3. The Balaban J connectivity index is 1.90. The quantitative estimate of drug-likeness (QED) is 0.715. The maximum absolute atomic E-state index is 14.1. The molecule has 0 saturated carbocycles. The number of likely N-dealkylation sites (N-methyl/N-ethyl adjacent to an activating group) is 1. The lowest BCUT2D eigenvalue weighted by Crippen LogP contribution is -2.52. The Morgan fingerprint density at radius 3 is 2.14 bits per heavy atom. The summed E-state index contributed by atoms with van der Waals surface area (Å²) in [6, 6.07) is 9.78. The molecule has 3 rings (SSSR count). The molecular weight excluding hydrogens is 383 g/mol. The van der Waals surface area contributed by atoms with Crippen LogP contribution in [0.2, 0.25) is 5.02 Å². The van der Waals surface area contributed by atoms with E-state index in [1.165, 1.54) is 24.1 Å². The van der Waals surface area contributed by atoms with Crippen LogP contribution in [0, 0.1) is 11.7 Å². The van der Waals surface area contributed by atoms with Crippen LogP contribution in [0.25, 0.3) is 0 Å². The third kappa shape index (κ3) is 3.40. The lowest BCUT2D eigenvalue weighted by Gasteiger charge is -2.32. The van der Waals surface area contributed by atoms with Gasteiger partial charge in [-0.25, -0.2) is 4.39 Å². The zero-order chi connectivity index (χ0) is 20.6. The number of hydrogen-bond donors (Lipinski definition) is 0. The van der Waals surface area contributed by atoms with E-state index >= 15 is 0 Å². The summed E-state index contributed by atoms with van der Waals surface area (Å²) in [4.78, 5) is 41.1. The van der Waals surface area contributed by atoms with Crippen LogP contribution < -0.4 is 0 Å². The van der Waals surface area contributed by atoms with E-state index in [0.29, 0.717) is 0 Å². The van der Waals surface area contributed by atoms with Crippen LogP contribution in [0.1, 0.15) is 40.1 Å². The van der Waals surface area contributed by atoms with Crippen molar-refractivity contribution in [2.75, 3.05) is 7.05 Å². The van der Waals surface area contributed by atoms with E-state index in [1.807, 2.05) is 0 Å². The molecular formula is C21H20ClFN2O3. The number of carbonyl (C=O) groups is 3. The Hall–Kier alpha value is -2.73. The lowest BCUT2D eigenvalue weighted by atomic mass is 10.0. The van der Waals surface area contributed by atoms with Crippen molar-refractivity contribution in [3.63, 3.8) is 0 Å². The summed E-state index contributed by atoms with van der Waals surface area (Å²) in [6.07, 6.45) is 0. The van der Waals surface area contributed by atoms with Crippen molar-refractivity contribution in [3.05, 3.63) is 70.0 Å². The molecule has 1 atom stereocenters. The van der Waals surface area contributed by atoms with Crippen LogP contribution in [0.3, 0.4) is 0 Å². The van der Waals surface area contributed by atoms with Gasteiger partial charge in [0.25, 0.3) is 11.8 Å². The summed E-state index contributed by atoms with van der Waals surface area (Å²) in [5, 5.41) is 0.210. The number of benzene rings is 2. The fourth-order valence-corrected chi connectivity index (χ4v) is 3.60. The summed E-state index contributed by atoms with van der Waals surface area (Å²) >= 11 is 6.06. The van der Waals surface area contributed by atoms with Gasteiger partial charge >= 0.3 is 0 Å². The molecule has 2 aromatic carbocycles. The Morgan fingerprint density at radius 1 is 1.07 bits per heavy atom. The summed E-state index contributed by atoms with van der Waals surface area (Å²) in [5.41, 5.74) is 0.751. The number of nitrogens with zero attached hydrogens (tertiary/aromatic N) is 2. The van der Waals surface area contributed by atoms with Gasteiger partial charge in [-0.05, 0) is 30.2 Å². The van der Waals surface area contributed by atoms with Crippen LogP contribution in [0.4, 0.5) is 4.39 Å². The first kappa shape index (κ1) is 20.0. The largest absolute Gasteiger partial charge is 0.339 e. The lowest BCUT2D eigenvalue weighted by molar-refractivity contribution is -0.136. The number of amides is 3. The predicted molar refractivity (Wildman–Crippen MR) is 103 cm³/mol. The molecule has 1 heterocycles. The predicted octanol–water partition coefficient (Wildman–Crippen LogP) is 3.76. The van der Waals surface area contributed by atoms with Crippen LogP contribution >= 0.6 is 11.6 Å². The first-order chi connectivity index (χ1) is 13.2. The number of imide groups is 1. The first-order valence-electron chi connectivity index (χ1n) is 8.88. The van der Waals surface area contributed by atoms with Crippen molar-refractivity contribution in [1.82, 2.24) is 9.80 Å². The number of halogens is 2. The van der Waals surface area contributed by atoms with Crippen LogP contribution in [-0.4, -0.2) is 40.6 Å². The molecule has 0 spiro atoms. The van der Waals surface area contributed by atoms with Crippen LogP contribution in [0.5, 0.6) is 0 Å². The minimum atomic E-state index is -0.997. The molecule has 0 fully saturated rings. The number of fused-ring (bicyclic) bond motifs is 1. The molecule has 0 N–H and O–H groups in total. The highest BCUT2D eigenvalue weighted by Gasteiger charge is 2.44. The third-order valence-electron chi connectivity index (χ3n) is 4.82. The molecule has 7 heteroatoms. The monoisotopic (exact) mass is 402 g/mol. The fourth-order valence-electron chi connectivity index (χ4n) is 3.38. The minimum absolute atomic E-state index is 0.0727. The summed E-state index contributed by atoms with van der Waals surface area (Å²) in [6.45, 7) is 3.45. The molecule has 1 unspecified atom stereocenters. The second kappa shape index (κ2) is 7.72. The van der Waals surface area contributed by atoms with Crippen LogP contribution in [-0.2, 0) is 11.3 Å². The SMILES string of the molecule is CC(C)C(C(=O)N(C)Cc1c(F)cccc1Cl)N1C(=O)c2ccccc2C1=O. The van der Waals surface area contributed by atoms with E-state index in [-0.39, 0.29) is 34.2 Å². The maximum atomic E-state index is 14.1. The molecule has 0 saturated heterocycles. The normalized spacial score (nSPS) is 14.4. The van der Waals surface area contributed by atoms with Crippen molar-refractivity contribution < 1.29 is 18.8 Å². The van der Waals surface area contributed by atoms with Gasteiger partial charge < -0.3 is 4.90 Å². The molecule has 0 aliphatic carbocycles. The minimum Gasteiger partial charge on any atom is -0.339 e. The van der Waals surface area contributed by atoms with E-state index in [0.717, 1.165) is 4.90 Å². The van der Waals surface area contributed by atoms with Gasteiger partial charge in [0.2, 0.25) is 5.91 Å². The zero-order valence-electron chi connectivity index (χ0n) is 15.8. The number of carbonyl (C=O) groups excluding carboxylic acids is 3. The molecule has 0 aromatic heterocycles. The van der Waals surface area contributed by atoms with E-state index in [9.17, 15) is 18.8 Å². The molecule has 146 valence electrons. The molecule has 0 bridgehead atoms. The Kier molecular flexibility index (Phi) is 5.52. The van der Waals surface area contributed by atoms with Crippen molar-refractivity contribution in [3.8, 4) is 0 Å². The summed E-state index contributed by atoms with van der Waals surface area (Å²) < 4.78 is 14.1. The highest BCUT2D eigenvalue weighted by Crippen LogP contribution is 2.28. The Bertz CT molecular complexity index is 905. The average molecular weight is 403 g/mol. The smallest absolute Gasteiger partial charge is 0.262 e. The number of rotatable bonds is 5. The van der Waals surface area contributed by atoms with Crippen molar-refractivity contribution >= 4 is 29.3 Å². The van der Waals surface area contributed by atoms with E-state index < -0.39 is 29.6 Å². The van der Waals surface area contributed by atoms with E-state index in [4.69, 9.17) is 11.6 Å². The molecule has 28 heavy (non-hydrogen) atoms. The molecule has 5 nitrogen and oxygen atoms in total. The molecule has 3 amide bonds. The van der Waals surface area contributed by atoms with Gasteiger partial charge in [-0.1, -0.05) is 43.6 Å². The Morgan fingerprint density at radius 2 is 1.64 bits per heavy atom. The average Bonchev–Trinajstić information content (AvgIpc) is 2.90. The van der Waals surface area contributed by atoms with Crippen LogP contribution in [0.15, 0.2) is 42.5 Å². The van der Waals surface area contributed by atoms with Gasteiger partial charge in [-0.15, -0.1) is 0 Å². The summed E-state index contributed by atoms with van der Waals surface area (Å²) in [7, 11) is 1.50. The van der Waals surface area contributed by atoms with Gasteiger partial charge in [0, 0.05) is 24.2 Å². The third-order valence-corrected chi connectivity index (χ3v) is 5.18. The van der Waals surface area contributed by atoms with Gasteiger partial charge in [0.1, 0.15) is 11.9 Å². The molecule has 1 aliphatic heterocycles. The van der Waals surface area contributed by atoms with Crippen molar-refractivity contribution in [1.29, 1.82) is 0 Å². The van der Waals surface area contributed by atoms with Gasteiger partial charge in [-0.2, -0.15) is 0 Å². The zero-order valence-corrected chi connectivity index (χ0v) is 16.5.